The third-order valence-corrected chi connectivity index (χ3v) is 3.26. The Labute approximate surface area is 131 Å². The Bertz CT molecular complexity index is 915. The van der Waals surface area contributed by atoms with Crippen LogP contribution in [-0.2, 0) is 11.2 Å². The number of benzene rings is 1. The number of nitrogens with zero attached hydrogens (tertiary/aromatic N) is 4. The van der Waals surface area contributed by atoms with Gasteiger partial charge in [-0.1, -0.05) is 18.2 Å². The predicted molar refractivity (Wildman–Crippen MR) is 83.6 cm³/mol. The molecule has 3 aromatic rings. The van der Waals surface area contributed by atoms with Gasteiger partial charge in [0.25, 0.3) is 0 Å². The van der Waals surface area contributed by atoms with Gasteiger partial charge in [-0.3, -0.25) is 9.20 Å². The highest BCUT2D eigenvalue weighted by Gasteiger charge is 2.15. The van der Waals surface area contributed by atoms with Crippen molar-refractivity contribution in [2.24, 2.45) is 10.2 Å². The molecule has 0 aliphatic rings. The topological polar surface area (TPSA) is 99.5 Å². The van der Waals surface area contributed by atoms with Gasteiger partial charge in [-0.15, -0.1) is 10.2 Å². The third kappa shape index (κ3) is 3.03. The number of aromatic nitrogens is 2. The van der Waals surface area contributed by atoms with E-state index >= 15 is 0 Å². The summed E-state index contributed by atoms with van der Waals surface area (Å²) in [6, 6.07) is 10.2. The highest BCUT2D eigenvalue weighted by molar-refractivity contribution is 5.72. The number of imidazole rings is 1. The number of carboxylic acid groups (broad SMARTS) is 1. The largest absolute Gasteiger partial charge is 0.506 e. The maximum Gasteiger partial charge on any atom is 0.309 e. The standard InChI is InChI=1S/C16H14N4O3/c1-10-6-7-14-17-12(8-15(22)23)16(20(14)9-10)19-18-11-4-2-3-5-13(11)21/h2-7,9,21H,8H2,1H3,(H,22,23). The van der Waals surface area contributed by atoms with Crippen LogP contribution >= 0.6 is 0 Å². The van der Waals surface area contributed by atoms with Crippen molar-refractivity contribution in [3.05, 3.63) is 53.9 Å². The van der Waals surface area contributed by atoms with Gasteiger partial charge < -0.3 is 10.2 Å². The molecule has 0 fully saturated rings. The van der Waals surface area contributed by atoms with Crippen molar-refractivity contribution in [3.63, 3.8) is 0 Å². The normalized spacial score (nSPS) is 11.3. The minimum Gasteiger partial charge on any atom is -0.506 e. The van der Waals surface area contributed by atoms with Crippen molar-refractivity contribution in [1.82, 2.24) is 9.38 Å². The number of phenolic OH excluding ortho intramolecular Hbond substituents is 1. The second-order valence-corrected chi connectivity index (χ2v) is 5.08. The fourth-order valence-corrected chi connectivity index (χ4v) is 2.20. The van der Waals surface area contributed by atoms with E-state index in [1.54, 1.807) is 28.7 Å². The fraction of sp³-hybridized carbons (Fsp3) is 0.125. The Morgan fingerprint density at radius 3 is 2.74 bits per heavy atom. The number of aryl methyl sites for hydroxylation is 1. The summed E-state index contributed by atoms with van der Waals surface area (Å²) in [7, 11) is 0. The average molecular weight is 310 g/mol. The van der Waals surface area contributed by atoms with E-state index in [4.69, 9.17) is 5.11 Å². The van der Waals surface area contributed by atoms with Crippen LogP contribution in [0.25, 0.3) is 5.65 Å². The second kappa shape index (κ2) is 5.88. The number of para-hydroxylation sites is 1. The maximum atomic E-state index is 11.0. The number of carbonyl (C=O) groups is 1. The predicted octanol–water partition coefficient (Wildman–Crippen LogP) is 3.39. The van der Waals surface area contributed by atoms with Crippen LogP contribution in [0, 0.1) is 6.92 Å². The molecule has 2 N–H and O–H groups in total. The number of hydrogen-bond acceptors (Lipinski definition) is 5. The molecule has 3 rings (SSSR count). The molecular formula is C16H14N4O3. The second-order valence-electron chi connectivity index (χ2n) is 5.08. The molecule has 0 radical (unpaired) electrons. The number of carboxylic acids is 1. The van der Waals surface area contributed by atoms with Crippen molar-refractivity contribution in [2.45, 2.75) is 13.3 Å². The van der Waals surface area contributed by atoms with Crippen molar-refractivity contribution in [3.8, 4) is 5.75 Å². The van der Waals surface area contributed by atoms with E-state index in [0.717, 1.165) is 5.56 Å². The molecule has 0 saturated carbocycles. The van der Waals surface area contributed by atoms with E-state index in [9.17, 15) is 9.90 Å². The molecule has 7 heteroatoms. The monoisotopic (exact) mass is 310 g/mol. The minimum atomic E-state index is -0.996. The lowest BCUT2D eigenvalue weighted by Crippen LogP contribution is -2.00. The first kappa shape index (κ1) is 14.7. The zero-order valence-corrected chi connectivity index (χ0v) is 12.3. The van der Waals surface area contributed by atoms with Crippen LogP contribution in [0.1, 0.15) is 11.3 Å². The average Bonchev–Trinajstić information content (AvgIpc) is 2.82. The van der Waals surface area contributed by atoms with Crippen LogP contribution in [0.2, 0.25) is 0 Å². The van der Waals surface area contributed by atoms with Gasteiger partial charge in [0.15, 0.2) is 5.82 Å². The lowest BCUT2D eigenvalue weighted by Gasteiger charge is -2.00. The Balaban J connectivity index is 2.12. The van der Waals surface area contributed by atoms with Gasteiger partial charge in [-0.25, -0.2) is 4.98 Å². The molecule has 2 heterocycles. The number of aromatic hydroxyl groups is 1. The number of azo groups is 1. The number of pyridine rings is 1. The number of phenols is 1. The van der Waals surface area contributed by atoms with Crippen molar-refractivity contribution in [2.75, 3.05) is 0 Å². The molecule has 0 aliphatic heterocycles. The summed E-state index contributed by atoms with van der Waals surface area (Å²) in [5, 5.41) is 26.9. The Kier molecular flexibility index (Phi) is 3.76. The van der Waals surface area contributed by atoms with Crippen LogP contribution in [0.15, 0.2) is 52.8 Å². The first-order valence-electron chi connectivity index (χ1n) is 6.93. The van der Waals surface area contributed by atoms with E-state index in [0.29, 0.717) is 22.8 Å². The van der Waals surface area contributed by atoms with Crippen molar-refractivity contribution in [1.29, 1.82) is 0 Å². The molecule has 1 aromatic carbocycles. The van der Waals surface area contributed by atoms with Crippen molar-refractivity contribution >= 4 is 23.1 Å². The quantitative estimate of drug-likeness (QED) is 0.721. The van der Waals surface area contributed by atoms with E-state index < -0.39 is 5.97 Å². The van der Waals surface area contributed by atoms with Crippen LogP contribution in [0.5, 0.6) is 5.75 Å². The van der Waals surface area contributed by atoms with E-state index in [2.05, 4.69) is 15.2 Å². The molecule has 0 saturated heterocycles. The summed E-state index contributed by atoms with van der Waals surface area (Å²) in [4.78, 5) is 15.3. The fourth-order valence-electron chi connectivity index (χ4n) is 2.20. The third-order valence-electron chi connectivity index (χ3n) is 3.26. The van der Waals surface area contributed by atoms with Gasteiger partial charge in [0.1, 0.15) is 17.1 Å². The molecule has 23 heavy (non-hydrogen) atoms. The van der Waals surface area contributed by atoms with Gasteiger partial charge in [0.2, 0.25) is 0 Å². The zero-order chi connectivity index (χ0) is 16.4. The summed E-state index contributed by atoms with van der Waals surface area (Å²) >= 11 is 0. The van der Waals surface area contributed by atoms with Gasteiger partial charge in [0.05, 0.1) is 12.1 Å². The smallest absolute Gasteiger partial charge is 0.309 e. The highest BCUT2D eigenvalue weighted by Crippen LogP contribution is 2.29. The first-order chi connectivity index (χ1) is 11.0. The number of aliphatic carboxylic acids is 1. The Morgan fingerprint density at radius 1 is 1.22 bits per heavy atom. The van der Waals surface area contributed by atoms with Gasteiger partial charge in [-0.2, -0.15) is 0 Å². The Hall–Kier alpha value is -3.22. The molecule has 0 aliphatic carbocycles. The van der Waals surface area contributed by atoms with Crippen LogP contribution in [0.4, 0.5) is 11.5 Å². The molecule has 7 nitrogen and oxygen atoms in total. The van der Waals surface area contributed by atoms with Crippen LogP contribution in [0.3, 0.4) is 0 Å². The molecule has 0 spiro atoms. The lowest BCUT2D eigenvalue weighted by atomic mass is 10.3. The van der Waals surface area contributed by atoms with Gasteiger partial charge >= 0.3 is 5.97 Å². The van der Waals surface area contributed by atoms with E-state index in [1.165, 1.54) is 6.07 Å². The number of rotatable bonds is 4. The first-order valence-corrected chi connectivity index (χ1v) is 6.93. The summed E-state index contributed by atoms with van der Waals surface area (Å²) in [6.07, 6.45) is 1.56. The molecular weight excluding hydrogens is 296 g/mol. The molecule has 116 valence electrons. The van der Waals surface area contributed by atoms with E-state index in [1.807, 2.05) is 19.2 Å². The summed E-state index contributed by atoms with van der Waals surface area (Å²) < 4.78 is 1.69. The molecule has 0 bridgehead atoms. The van der Waals surface area contributed by atoms with Crippen molar-refractivity contribution < 1.29 is 15.0 Å². The molecule has 0 unspecified atom stereocenters. The maximum absolute atomic E-state index is 11.0. The zero-order valence-electron chi connectivity index (χ0n) is 12.3. The lowest BCUT2D eigenvalue weighted by molar-refractivity contribution is -0.136. The van der Waals surface area contributed by atoms with Crippen LogP contribution in [-0.4, -0.2) is 25.6 Å². The number of hydrogen-bond donors (Lipinski definition) is 2. The summed E-state index contributed by atoms with van der Waals surface area (Å²) in [6.45, 7) is 1.92. The molecule has 0 atom stereocenters. The Morgan fingerprint density at radius 2 is 2.00 bits per heavy atom. The van der Waals surface area contributed by atoms with Crippen LogP contribution < -0.4 is 0 Å². The minimum absolute atomic E-state index is 0.000959. The highest BCUT2D eigenvalue weighted by atomic mass is 16.4. The van der Waals surface area contributed by atoms with Gasteiger partial charge in [-0.05, 0) is 30.7 Å². The van der Waals surface area contributed by atoms with Gasteiger partial charge in [0, 0.05) is 6.20 Å². The SMILES string of the molecule is Cc1ccc2nc(CC(=O)O)c(N=Nc3ccccc3O)n2c1. The van der Waals surface area contributed by atoms with E-state index in [-0.39, 0.29) is 12.2 Å². The molecule has 2 aromatic heterocycles. The number of fused-ring (bicyclic) bond motifs is 1. The molecule has 0 amide bonds. The summed E-state index contributed by atoms with van der Waals surface area (Å²) in [5.74, 6) is -0.653. The summed E-state index contributed by atoms with van der Waals surface area (Å²) in [5.41, 5.74) is 2.20.